The Morgan fingerprint density at radius 1 is 1.10 bits per heavy atom. The molecule has 0 aliphatic carbocycles. The molecule has 31 heavy (non-hydrogen) atoms. The van der Waals surface area contributed by atoms with Gasteiger partial charge in [-0.25, -0.2) is 15.0 Å². The zero-order chi connectivity index (χ0) is 28.4. The molecule has 1 amide bonds. The van der Waals surface area contributed by atoms with E-state index in [-0.39, 0.29) is 16.3 Å². The maximum Gasteiger partial charge on any atom is 0.257 e. The molecule has 1 N–H and O–H groups in total. The highest BCUT2D eigenvalue weighted by Gasteiger charge is 2.15. The largest absolute Gasteiger partial charge is 0.378 e. The van der Waals surface area contributed by atoms with Gasteiger partial charge in [0.1, 0.15) is 11.6 Å². The van der Waals surface area contributed by atoms with E-state index in [2.05, 4.69) is 30.0 Å². The monoisotopic (exact) mass is 423 g/mol. The van der Waals surface area contributed by atoms with Crippen LogP contribution in [0.1, 0.15) is 21.3 Å². The van der Waals surface area contributed by atoms with Crippen LogP contribution in [0.25, 0.3) is 22.2 Å². The Hall–Kier alpha value is -3.85. The molecular weight excluding hydrogens is 394 g/mol. The number of rotatable bonds is 4. The van der Waals surface area contributed by atoms with Gasteiger partial charge in [0.15, 0.2) is 0 Å². The summed E-state index contributed by atoms with van der Waals surface area (Å²) in [6, 6.07) is 5.78. The lowest BCUT2D eigenvalue weighted by Gasteiger charge is -2.27. The molecule has 5 heterocycles. The van der Waals surface area contributed by atoms with E-state index < -0.39 is 37.8 Å². The summed E-state index contributed by atoms with van der Waals surface area (Å²) in [6.45, 7) is -12.9. The Balaban J connectivity index is 1.46. The smallest absolute Gasteiger partial charge is 0.257 e. The van der Waals surface area contributed by atoms with Gasteiger partial charge < -0.3 is 19.5 Å². The fraction of sp³-hybridized carbons (Fsp3) is 0.227. The number of aryl methyl sites for hydroxylation is 1. The van der Waals surface area contributed by atoms with Crippen molar-refractivity contribution >= 4 is 28.3 Å². The summed E-state index contributed by atoms with van der Waals surface area (Å²) in [5.74, 6) is -1.00. The molecule has 0 unspecified atom stereocenters. The summed E-state index contributed by atoms with van der Waals surface area (Å²) in [6.07, 6.45) is 7.61. The van der Waals surface area contributed by atoms with Gasteiger partial charge in [-0.1, -0.05) is 0 Å². The molecule has 0 spiro atoms. The molecule has 4 aromatic heterocycles. The predicted octanol–water partition coefficient (Wildman–Crippen LogP) is 2.51. The maximum absolute atomic E-state index is 13.1. The molecule has 0 radical (unpaired) electrons. The van der Waals surface area contributed by atoms with Crippen LogP contribution in [0.3, 0.4) is 0 Å². The Kier molecular flexibility index (Phi) is 3.17. The van der Waals surface area contributed by atoms with Crippen LogP contribution in [0.4, 0.5) is 11.6 Å². The van der Waals surface area contributed by atoms with Gasteiger partial charge in [0, 0.05) is 49.6 Å². The summed E-state index contributed by atoms with van der Waals surface area (Å²) in [5, 5.41) is 4.09. The minimum atomic E-state index is -3.25. The molecule has 0 atom stereocenters. The van der Waals surface area contributed by atoms with Gasteiger partial charge in [0.2, 0.25) is 0 Å². The minimum Gasteiger partial charge on any atom is -0.378 e. The van der Waals surface area contributed by atoms with E-state index in [0.29, 0.717) is 5.69 Å². The van der Waals surface area contributed by atoms with Gasteiger partial charge in [0.25, 0.3) is 5.91 Å². The van der Waals surface area contributed by atoms with E-state index in [4.69, 9.17) is 11.0 Å². The number of ether oxygens (including phenoxy) is 1. The average molecular weight is 424 g/mol. The third-order valence-electron chi connectivity index (χ3n) is 4.58. The second kappa shape index (κ2) is 8.11. The normalized spacial score (nSPS) is 24.4. The summed E-state index contributed by atoms with van der Waals surface area (Å²) < 4.78 is 70.6. The van der Waals surface area contributed by atoms with Gasteiger partial charge in [-0.05, 0) is 29.7 Å². The number of pyridine rings is 3. The van der Waals surface area contributed by atoms with Crippen LogP contribution in [0.2, 0.25) is 0 Å². The molecule has 1 saturated heterocycles. The van der Waals surface area contributed by atoms with Crippen molar-refractivity contribution < 1.29 is 20.5 Å². The lowest BCUT2D eigenvalue weighted by Crippen LogP contribution is -2.36. The first-order valence-electron chi connectivity index (χ1n) is 13.1. The second-order valence-electron chi connectivity index (χ2n) is 6.60. The number of nitrogens with one attached hydrogen (secondary N) is 1. The molecule has 1 aliphatic heterocycles. The third kappa shape index (κ3) is 3.95. The summed E-state index contributed by atoms with van der Waals surface area (Å²) in [7, 11) is 1.84. The Labute approximate surface area is 190 Å². The molecule has 0 saturated carbocycles. The number of carbonyl (C=O) groups is 1. The number of morpholine rings is 1. The van der Waals surface area contributed by atoms with Crippen LogP contribution >= 0.6 is 0 Å². The molecule has 1 fully saturated rings. The summed E-state index contributed by atoms with van der Waals surface area (Å²) in [4.78, 5) is 29.9. The van der Waals surface area contributed by atoms with E-state index in [9.17, 15) is 4.79 Å². The van der Waals surface area contributed by atoms with Crippen molar-refractivity contribution in [1.29, 1.82) is 0 Å². The SMILES string of the molecule is [2H]C1([2H])OC([2H])([2H])C([2H])([2H])N(c2cc(C(=O)Nc3cc4cc(-c5cncn5C)ncc4cn3)ccn2)C1([2H])[2H]. The van der Waals surface area contributed by atoms with Gasteiger partial charge >= 0.3 is 0 Å². The number of fused-ring (bicyclic) bond motifs is 1. The number of carbonyl (C=O) groups excluding carboxylic acids is 1. The number of hydrogen-bond acceptors (Lipinski definition) is 7. The number of anilines is 2. The molecule has 5 rings (SSSR count). The molecule has 0 aromatic carbocycles. The van der Waals surface area contributed by atoms with Crippen molar-refractivity contribution in [3.63, 3.8) is 0 Å². The van der Waals surface area contributed by atoms with E-state index in [1.807, 2.05) is 17.7 Å². The molecule has 9 heteroatoms. The van der Waals surface area contributed by atoms with E-state index in [1.54, 1.807) is 24.8 Å². The first-order valence-corrected chi connectivity index (χ1v) is 9.14. The number of imidazole rings is 1. The standard InChI is InChI=1S/C22H21N7O2/c1-28-14-23-13-19(28)18-8-16-9-20(26-12-17(16)11-25-18)27-22(30)15-2-3-24-21(10-15)29-4-6-31-7-5-29/h2-3,8-14H,4-7H2,1H3,(H,26,27,30)/i4D2,5D2,6D2,7D2. The van der Waals surface area contributed by atoms with Crippen LogP contribution in [-0.4, -0.2) is 56.5 Å². The second-order valence-corrected chi connectivity index (χ2v) is 6.60. The maximum atomic E-state index is 13.1. The van der Waals surface area contributed by atoms with Crippen LogP contribution in [0, 0.1) is 0 Å². The lowest BCUT2D eigenvalue weighted by molar-refractivity contribution is 0.102. The topological polar surface area (TPSA) is 98.1 Å². The summed E-state index contributed by atoms with van der Waals surface area (Å²) >= 11 is 0. The number of nitrogens with zero attached hydrogens (tertiary/aromatic N) is 6. The van der Waals surface area contributed by atoms with Crippen LogP contribution in [-0.2, 0) is 11.8 Å². The quantitative estimate of drug-likeness (QED) is 0.538. The predicted molar refractivity (Wildman–Crippen MR) is 117 cm³/mol. The van der Waals surface area contributed by atoms with Crippen molar-refractivity contribution in [2.75, 3.05) is 36.3 Å². The molecule has 4 aromatic rings. The minimum absolute atomic E-state index is 0.0774. The third-order valence-corrected chi connectivity index (χ3v) is 4.58. The van der Waals surface area contributed by atoms with Crippen molar-refractivity contribution in [1.82, 2.24) is 24.5 Å². The molecule has 0 bridgehead atoms. The lowest BCUT2D eigenvalue weighted by atomic mass is 10.1. The fourth-order valence-electron chi connectivity index (χ4n) is 3.03. The van der Waals surface area contributed by atoms with Gasteiger partial charge in [-0.15, -0.1) is 0 Å². The van der Waals surface area contributed by atoms with Gasteiger partial charge in [0.05, 0.1) is 48.0 Å². The highest BCUT2D eigenvalue weighted by atomic mass is 16.5. The van der Waals surface area contributed by atoms with Crippen LogP contribution in [0.5, 0.6) is 0 Å². The van der Waals surface area contributed by atoms with E-state index in [1.165, 1.54) is 12.3 Å². The van der Waals surface area contributed by atoms with Crippen molar-refractivity contribution in [3.05, 3.63) is 60.9 Å². The van der Waals surface area contributed by atoms with Gasteiger partial charge in [-0.3, -0.25) is 9.78 Å². The Morgan fingerprint density at radius 3 is 2.74 bits per heavy atom. The van der Waals surface area contributed by atoms with Gasteiger partial charge in [-0.2, -0.15) is 0 Å². The molecular formula is C22H21N7O2. The van der Waals surface area contributed by atoms with Crippen molar-refractivity contribution in [3.8, 4) is 11.4 Å². The van der Waals surface area contributed by atoms with Crippen LogP contribution in [0.15, 0.2) is 55.4 Å². The van der Waals surface area contributed by atoms with E-state index >= 15 is 0 Å². The molecule has 156 valence electrons. The molecule has 9 nitrogen and oxygen atoms in total. The zero-order valence-corrected chi connectivity index (χ0v) is 16.2. The first kappa shape index (κ1) is 12.1. The highest BCUT2D eigenvalue weighted by molar-refractivity contribution is 6.05. The highest BCUT2D eigenvalue weighted by Crippen LogP contribution is 2.23. The van der Waals surface area contributed by atoms with Crippen molar-refractivity contribution in [2.45, 2.75) is 0 Å². The Morgan fingerprint density at radius 2 is 1.94 bits per heavy atom. The number of amides is 1. The Bertz CT molecular complexity index is 1570. The van der Waals surface area contributed by atoms with Crippen LogP contribution < -0.4 is 10.2 Å². The fourth-order valence-corrected chi connectivity index (χ4v) is 3.03. The molecule has 1 aliphatic rings. The summed E-state index contributed by atoms with van der Waals surface area (Å²) in [5.41, 5.74) is 1.38. The van der Waals surface area contributed by atoms with Crippen molar-refractivity contribution in [2.24, 2.45) is 7.05 Å². The average Bonchev–Trinajstić information content (AvgIpc) is 3.28. The van der Waals surface area contributed by atoms with E-state index in [0.717, 1.165) is 28.7 Å². The zero-order valence-electron chi connectivity index (χ0n) is 24.2. The number of aromatic nitrogens is 5. The first-order chi connectivity index (χ1) is 18.1. The number of hydrogen-bond donors (Lipinski definition) is 1.